The quantitative estimate of drug-likeness (QED) is 0.713. The summed E-state index contributed by atoms with van der Waals surface area (Å²) in [6.07, 6.45) is 6.36. The average Bonchev–Trinajstić information content (AvgIpc) is 3.33. The van der Waals surface area contributed by atoms with Gasteiger partial charge in [0.2, 0.25) is 0 Å². The smallest absolute Gasteiger partial charge is 0.184 e. The normalized spacial score (nSPS) is 21.5. The molecule has 0 amide bonds. The Labute approximate surface area is 132 Å². The summed E-state index contributed by atoms with van der Waals surface area (Å²) in [7, 11) is -0.600. The van der Waals surface area contributed by atoms with Gasteiger partial charge < -0.3 is 0 Å². The lowest BCUT2D eigenvalue weighted by Crippen LogP contribution is -2.24. The predicted molar refractivity (Wildman–Crippen MR) is 93.7 cm³/mol. The summed E-state index contributed by atoms with van der Waals surface area (Å²) < 4.78 is 0. The third-order valence-corrected chi connectivity index (χ3v) is 7.48. The summed E-state index contributed by atoms with van der Waals surface area (Å²) in [4.78, 5) is 12.9. The van der Waals surface area contributed by atoms with Gasteiger partial charge in [0.1, 0.15) is 0 Å². The molecule has 2 aromatic rings. The highest BCUT2D eigenvalue weighted by atomic mass is 31.1. The van der Waals surface area contributed by atoms with Crippen LogP contribution < -0.4 is 0 Å². The second-order valence-electron chi connectivity index (χ2n) is 6.44. The summed E-state index contributed by atoms with van der Waals surface area (Å²) >= 11 is 0. The van der Waals surface area contributed by atoms with Gasteiger partial charge in [0.25, 0.3) is 0 Å². The van der Waals surface area contributed by atoms with Gasteiger partial charge in [-0.3, -0.25) is 4.79 Å². The number of benzene rings is 2. The van der Waals surface area contributed by atoms with E-state index in [1.807, 2.05) is 24.3 Å². The summed E-state index contributed by atoms with van der Waals surface area (Å²) in [6.45, 7) is 3.86. The molecule has 1 unspecified atom stereocenters. The Kier molecular flexibility index (Phi) is 3.27. The zero-order valence-corrected chi connectivity index (χ0v) is 13.5. The van der Waals surface area contributed by atoms with Crippen molar-refractivity contribution in [1.29, 1.82) is 0 Å². The number of hydrogen-bond acceptors (Lipinski definition) is 1. The van der Waals surface area contributed by atoms with Gasteiger partial charge in [-0.05, 0) is 49.8 Å². The molecular weight excluding hydrogens is 287 g/mol. The van der Waals surface area contributed by atoms with Crippen LogP contribution in [0.2, 0.25) is 0 Å². The molecule has 1 aliphatic carbocycles. The molecule has 22 heavy (non-hydrogen) atoms. The first-order chi connectivity index (χ1) is 10.7. The summed E-state index contributed by atoms with van der Waals surface area (Å²) in [5.41, 5.74) is 5.39. The maximum Gasteiger partial charge on any atom is 0.184 e. The molecule has 4 rings (SSSR count). The Morgan fingerprint density at radius 1 is 1.14 bits per heavy atom. The van der Waals surface area contributed by atoms with Gasteiger partial charge in [-0.1, -0.05) is 61.2 Å². The molecule has 1 aliphatic heterocycles. The predicted octanol–water partition coefficient (Wildman–Crippen LogP) is 5.20. The minimum Gasteiger partial charge on any atom is -0.289 e. The van der Waals surface area contributed by atoms with Gasteiger partial charge in [-0.15, -0.1) is 0 Å². The van der Waals surface area contributed by atoms with Gasteiger partial charge in [-0.2, -0.15) is 0 Å². The standard InChI is InChI=1S/C20H19OP/c1-2-15-8-9-17-18(12-15)20(10-11-20)14-22(19(17)21)13-16-6-4-3-5-7-16/h2-9,12H,1,10-11,13-14H2. The molecule has 2 aliphatic rings. The largest absolute Gasteiger partial charge is 0.289 e. The van der Waals surface area contributed by atoms with Gasteiger partial charge in [-0.25, -0.2) is 0 Å². The van der Waals surface area contributed by atoms with Crippen molar-refractivity contribution in [2.45, 2.75) is 24.4 Å². The number of rotatable bonds is 3. The highest BCUT2D eigenvalue weighted by molar-refractivity contribution is 7.75. The molecule has 0 bridgehead atoms. The van der Waals surface area contributed by atoms with Crippen molar-refractivity contribution >= 4 is 19.5 Å². The topological polar surface area (TPSA) is 17.1 Å². The van der Waals surface area contributed by atoms with E-state index in [0.717, 1.165) is 23.5 Å². The van der Waals surface area contributed by atoms with E-state index in [2.05, 4.69) is 36.9 Å². The van der Waals surface area contributed by atoms with Crippen molar-refractivity contribution in [3.8, 4) is 0 Å². The summed E-state index contributed by atoms with van der Waals surface area (Å²) in [6, 6.07) is 16.7. The molecule has 1 heterocycles. The van der Waals surface area contributed by atoms with Crippen LogP contribution in [0.3, 0.4) is 0 Å². The van der Waals surface area contributed by atoms with Crippen LogP contribution in [0.5, 0.6) is 0 Å². The Morgan fingerprint density at radius 2 is 1.91 bits per heavy atom. The van der Waals surface area contributed by atoms with Crippen molar-refractivity contribution in [2.75, 3.05) is 6.16 Å². The molecule has 0 radical (unpaired) electrons. The van der Waals surface area contributed by atoms with E-state index >= 15 is 0 Å². The highest BCUT2D eigenvalue weighted by Crippen LogP contribution is 2.63. The molecule has 1 fully saturated rings. The van der Waals surface area contributed by atoms with Gasteiger partial charge in [0.05, 0.1) is 0 Å². The van der Waals surface area contributed by atoms with Crippen molar-refractivity contribution < 1.29 is 4.79 Å². The van der Waals surface area contributed by atoms with Crippen LogP contribution in [0.25, 0.3) is 6.08 Å². The molecule has 0 aromatic heterocycles. The fraction of sp³-hybridized carbons (Fsp3) is 0.250. The van der Waals surface area contributed by atoms with Crippen LogP contribution in [-0.2, 0) is 11.6 Å². The zero-order chi connectivity index (χ0) is 15.2. The van der Waals surface area contributed by atoms with E-state index < -0.39 is 7.92 Å². The summed E-state index contributed by atoms with van der Waals surface area (Å²) in [5, 5.41) is 0. The van der Waals surface area contributed by atoms with Crippen LogP contribution in [-0.4, -0.2) is 11.7 Å². The molecule has 1 atom stereocenters. The van der Waals surface area contributed by atoms with Gasteiger partial charge >= 0.3 is 0 Å². The number of hydrogen-bond donors (Lipinski definition) is 0. The Hall–Kier alpha value is -1.72. The molecule has 1 saturated carbocycles. The molecule has 110 valence electrons. The van der Waals surface area contributed by atoms with Gasteiger partial charge in [0, 0.05) is 11.0 Å². The van der Waals surface area contributed by atoms with E-state index in [4.69, 9.17) is 0 Å². The lowest BCUT2D eigenvalue weighted by atomic mass is 9.91. The fourth-order valence-corrected chi connectivity index (χ4v) is 6.32. The fourth-order valence-electron chi connectivity index (χ4n) is 3.52. The minimum atomic E-state index is -0.600. The van der Waals surface area contributed by atoms with Crippen molar-refractivity contribution in [1.82, 2.24) is 0 Å². The Morgan fingerprint density at radius 3 is 2.59 bits per heavy atom. The van der Waals surface area contributed by atoms with Crippen LogP contribution in [0.4, 0.5) is 0 Å². The number of carbonyl (C=O) groups excluding carboxylic acids is 1. The zero-order valence-electron chi connectivity index (χ0n) is 12.6. The number of carbonyl (C=O) groups is 1. The van der Waals surface area contributed by atoms with Crippen molar-refractivity contribution in [3.63, 3.8) is 0 Å². The van der Waals surface area contributed by atoms with E-state index in [1.54, 1.807) is 0 Å². The van der Waals surface area contributed by atoms with Crippen LogP contribution in [0.15, 0.2) is 55.1 Å². The monoisotopic (exact) mass is 306 g/mol. The Balaban J connectivity index is 1.71. The molecule has 1 nitrogen and oxygen atoms in total. The first-order valence-electron chi connectivity index (χ1n) is 7.82. The van der Waals surface area contributed by atoms with E-state index in [9.17, 15) is 4.79 Å². The van der Waals surface area contributed by atoms with E-state index in [0.29, 0.717) is 10.9 Å². The highest BCUT2D eigenvalue weighted by Gasteiger charge is 2.51. The van der Waals surface area contributed by atoms with Gasteiger partial charge in [0.15, 0.2) is 5.52 Å². The van der Waals surface area contributed by atoms with Crippen LogP contribution in [0, 0.1) is 0 Å². The minimum absolute atomic E-state index is 0.294. The Bertz CT molecular complexity index is 744. The first-order valence-corrected chi connectivity index (χ1v) is 9.53. The van der Waals surface area contributed by atoms with E-state index in [1.165, 1.54) is 24.0 Å². The lowest BCUT2D eigenvalue weighted by molar-refractivity contribution is 0.107. The average molecular weight is 306 g/mol. The van der Waals surface area contributed by atoms with Crippen molar-refractivity contribution in [2.24, 2.45) is 0 Å². The maximum atomic E-state index is 12.9. The molecule has 0 saturated heterocycles. The molecule has 2 heteroatoms. The number of fused-ring (bicyclic) bond motifs is 2. The lowest BCUT2D eigenvalue weighted by Gasteiger charge is -2.31. The summed E-state index contributed by atoms with van der Waals surface area (Å²) in [5.74, 6) is 0. The SMILES string of the molecule is C=Cc1ccc2c(c1)C1(CC1)CP(Cc1ccccc1)C2=O. The van der Waals surface area contributed by atoms with Crippen LogP contribution in [0.1, 0.15) is 39.9 Å². The molecular formula is C20H19OP. The second kappa shape index (κ2) is 5.18. The van der Waals surface area contributed by atoms with Crippen molar-refractivity contribution in [3.05, 3.63) is 77.4 Å². The molecule has 2 aromatic carbocycles. The third kappa shape index (κ3) is 2.25. The van der Waals surface area contributed by atoms with E-state index in [-0.39, 0.29) is 0 Å². The maximum absolute atomic E-state index is 12.9. The molecule has 0 N–H and O–H groups in total. The second-order valence-corrected chi connectivity index (χ2v) is 8.55. The van der Waals surface area contributed by atoms with Crippen LogP contribution >= 0.6 is 7.92 Å². The first kappa shape index (κ1) is 13.9. The molecule has 1 spiro atoms. The third-order valence-electron chi connectivity index (χ3n) is 4.93.